The van der Waals surface area contributed by atoms with Gasteiger partial charge in [-0.2, -0.15) is 5.10 Å². The molecule has 9 heteroatoms. The summed E-state index contributed by atoms with van der Waals surface area (Å²) in [6, 6.07) is 26.9. The fourth-order valence-electron chi connectivity index (χ4n) is 4.62. The highest BCUT2D eigenvalue weighted by Gasteiger charge is 2.23. The van der Waals surface area contributed by atoms with Gasteiger partial charge in [-0.3, -0.25) is 9.80 Å². The Labute approximate surface area is 226 Å². The number of anilines is 3. The Kier molecular flexibility index (Phi) is 6.90. The number of rotatable bonds is 7. The van der Waals surface area contributed by atoms with Crippen LogP contribution < -0.4 is 15.1 Å². The summed E-state index contributed by atoms with van der Waals surface area (Å²) in [6.07, 6.45) is 3.73. The van der Waals surface area contributed by atoms with E-state index in [-0.39, 0.29) is 5.91 Å². The number of carbonyl (C=O) groups is 1. The molecule has 1 aliphatic heterocycles. The maximum absolute atomic E-state index is 12.8. The van der Waals surface area contributed by atoms with Crippen molar-refractivity contribution in [1.82, 2.24) is 19.6 Å². The largest absolute Gasteiger partial charge is 0.497 e. The van der Waals surface area contributed by atoms with Gasteiger partial charge in [-0.25, -0.2) is 14.5 Å². The second-order valence-electron chi connectivity index (χ2n) is 9.09. The molecule has 2 aromatic heterocycles. The zero-order valence-corrected chi connectivity index (χ0v) is 21.5. The van der Waals surface area contributed by atoms with E-state index in [0.717, 1.165) is 47.1 Å². The second-order valence-corrected chi connectivity index (χ2v) is 9.09. The van der Waals surface area contributed by atoms with Crippen molar-refractivity contribution in [3.05, 3.63) is 103 Å². The van der Waals surface area contributed by atoms with Crippen molar-refractivity contribution >= 4 is 28.7 Å². The van der Waals surface area contributed by atoms with E-state index in [2.05, 4.69) is 32.6 Å². The minimum absolute atomic E-state index is 0.184. The highest BCUT2D eigenvalue weighted by molar-refractivity contribution is 6.04. The van der Waals surface area contributed by atoms with Crippen LogP contribution in [-0.2, 0) is 4.74 Å². The highest BCUT2D eigenvalue weighted by atomic mass is 16.5. The molecule has 1 amide bonds. The van der Waals surface area contributed by atoms with Gasteiger partial charge in [0.1, 0.15) is 5.75 Å². The van der Waals surface area contributed by atoms with Crippen LogP contribution in [0.15, 0.2) is 97.3 Å². The van der Waals surface area contributed by atoms with Crippen molar-refractivity contribution in [3.8, 4) is 16.9 Å². The number of morpholine rings is 1. The first-order valence-electron chi connectivity index (χ1n) is 12.8. The Bertz CT molecular complexity index is 1560. The molecule has 1 saturated heterocycles. The molecule has 1 fully saturated rings. The maximum atomic E-state index is 12.8. The average Bonchev–Trinajstić information content (AvgIpc) is 3.42. The second kappa shape index (κ2) is 10.9. The lowest BCUT2D eigenvalue weighted by atomic mass is 10.1. The number of hydrogen-bond donors (Lipinski definition) is 1. The van der Waals surface area contributed by atoms with E-state index in [1.54, 1.807) is 17.8 Å². The molecule has 39 heavy (non-hydrogen) atoms. The van der Waals surface area contributed by atoms with Gasteiger partial charge in [-0.05, 0) is 54.1 Å². The molecule has 6 rings (SSSR count). The van der Waals surface area contributed by atoms with Gasteiger partial charge in [0.05, 0.1) is 32.2 Å². The SMILES string of the molecule is COc1ccc(NC(=O)c2ccc(-c3cnn4ccc(N(c5ccccc5)N5CCOCC5)nc34)cc2)cc1. The van der Waals surface area contributed by atoms with E-state index < -0.39 is 0 Å². The minimum atomic E-state index is -0.184. The van der Waals surface area contributed by atoms with Crippen molar-refractivity contribution in [2.75, 3.05) is 43.7 Å². The third-order valence-electron chi connectivity index (χ3n) is 6.65. The van der Waals surface area contributed by atoms with Gasteiger partial charge in [-0.15, -0.1) is 0 Å². The lowest BCUT2D eigenvalue weighted by Crippen LogP contribution is -2.47. The number of para-hydroxylation sites is 1. The first-order valence-corrected chi connectivity index (χ1v) is 12.8. The van der Waals surface area contributed by atoms with Gasteiger partial charge in [-0.1, -0.05) is 30.3 Å². The van der Waals surface area contributed by atoms with Crippen LogP contribution in [0.2, 0.25) is 0 Å². The van der Waals surface area contributed by atoms with E-state index in [0.29, 0.717) is 24.5 Å². The number of methoxy groups -OCH3 is 1. The van der Waals surface area contributed by atoms with Gasteiger partial charge >= 0.3 is 0 Å². The summed E-state index contributed by atoms with van der Waals surface area (Å²) in [5.74, 6) is 1.35. The molecule has 0 saturated carbocycles. The number of amides is 1. The molecule has 5 aromatic rings. The standard InChI is InChI=1S/C30H28N6O3/c1-38-26-13-11-24(12-14-26)32-30(37)23-9-7-22(8-10-23)27-21-31-35-16-15-28(33-29(27)35)36(25-5-3-2-4-6-25)34-17-19-39-20-18-34/h2-16,21H,17-20H2,1H3,(H,32,37). The lowest BCUT2D eigenvalue weighted by Gasteiger charge is -2.38. The minimum Gasteiger partial charge on any atom is -0.497 e. The van der Waals surface area contributed by atoms with Crippen LogP contribution in [0, 0.1) is 0 Å². The van der Waals surface area contributed by atoms with Crippen molar-refractivity contribution in [2.45, 2.75) is 0 Å². The molecule has 0 radical (unpaired) electrons. The third-order valence-corrected chi connectivity index (χ3v) is 6.65. The molecule has 0 unspecified atom stereocenters. The third kappa shape index (κ3) is 5.18. The zero-order chi connectivity index (χ0) is 26.6. The Balaban J connectivity index is 1.28. The summed E-state index contributed by atoms with van der Waals surface area (Å²) in [6.45, 7) is 2.88. The summed E-state index contributed by atoms with van der Waals surface area (Å²) in [7, 11) is 1.61. The van der Waals surface area contributed by atoms with E-state index >= 15 is 0 Å². The van der Waals surface area contributed by atoms with Crippen LogP contribution >= 0.6 is 0 Å². The molecule has 0 aliphatic carbocycles. The number of carbonyl (C=O) groups excluding carboxylic acids is 1. The van der Waals surface area contributed by atoms with Gasteiger partial charge in [0.2, 0.25) is 0 Å². The van der Waals surface area contributed by atoms with Crippen LogP contribution in [0.25, 0.3) is 16.8 Å². The number of ether oxygens (including phenoxy) is 2. The molecule has 3 aromatic carbocycles. The first-order chi connectivity index (χ1) is 19.2. The van der Waals surface area contributed by atoms with Crippen LogP contribution in [0.3, 0.4) is 0 Å². The Morgan fingerprint density at radius 3 is 2.41 bits per heavy atom. The predicted octanol–water partition coefficient (Wildman–Crippen LogP) is 5.04. The maximum Gasteiger partial charge on any atom is 0.255 e. The molecule has 1 N–H and O–H groups in total. The number of nitrogens with one attached hydrogen (secondary N) is 1. The number of hydrazine groups is 1. The van der Waals surface area contributed by atoms with Gasteiger partial charge in [0, 0.05) is 42.2 Å². The van der Waals surface area contributed by atoms with E-state index in [1.165, 1.54) is 0 Å². The van der Waals surface area contributed by atoms with Crippen LogP contribution in [0.5, 0.6) is 5.75 Å². The van der Waals surface area contributed by atoms with E-state index in [4.69, 9.17) is 14.5 Å². The number of fused-ring (bicyclic) bond motifs is 1. The van der Waals surface area contributed by atoms with Crippen molar-refractivity contribution in [1.29, 1.82) is 0 Å². The van der Waals surface area contributed by atoms with Crippen molar-refractivity contribution in [3.63, 3.8) is 0 Å². The molecule has 0 spiro atoms. The van der Waals surface area contributed by atoms with E-state index in [9.17, 15) is 4.79 Å². The fraction of sp³-hybridized carbons (Fsp3) is 0.167. The normalized spacial score (nSPS) is 13.8. The summed E-state index contributed by atoms with van der Waals surface area (Å²) in [5.41, 5.74) is 4.83. The quantitative estimate of drug-likeness (QED) is 0.322. The summed E-state index contributed by atoms with van der Waals surface area (Å²) >= 11 is 0. The zero-order valence-electron chi connectivity index (χ0n) is 21.5. The smallest absolute Gasteiger partial charge is 0.255 e. The number of aromatic nitrogens is 3. The lowest BCUT2D eigenvalue weighted by molar-refractivity contribution is 0.0375. The van der Waals surface area contributed by atoms with E-state index in [1.807, 2.05) is 79.0 Å². The Hall–Kier alpha value is -4.73. The topological polar surface area (TPSA) is 84.2 Å². The summed E-state index contributed by atoms with van der Waals surface area (Å²) in [4.78, 5) is 17.8. The van der Waals surface area contributed by atoms with Crippen LogP contribution in [0.1, 0.15) is 10.4 Å². The summed E-state index contributed by atoms with van der Waals surface area (Å²) in [5, 5.41) is 11.8. The molecule has 1 aliphatic rings. The average molecular weight is 521 g/mol. The predicted molar refractivity (Wildman–Crippen MR) is 150 cm³/mol. The van der Waals surface area contributed by atoms with Crippen LogP contribution in [0.4, 0.5) is 17.2 Å². The molecule has 3 heterocycles. The molecular formula is C30H28N6O3. The Morgan fingerprint density at radius 2 is 1.69 bits per heavy atom. The summed E-state index contributed by atoms with van der Waals surface area (Å²) < 4.78 is 12.5. The monoisotopic (exact) mass is 520 g/mol. The Morgan fingerprint density at radius 1 is 0.949 bits per heavy atom. The van der Waals surface area contributed by atoms with Gasteiger partial charge in [0.25, 0.3) is 5.91 Å². The number of benzene rings is 3. The molecule has 9 nitrogen and oxygen atoms in total. The number of hydrogen-bond acceptors (Lipinski definition) is 7. The molecule has 196 valence electrons. The van der Waals surface area contributed by atoms with Gasteiger partial charge < -0.3 is 14.8 Å². The van der Waals surface area contributed by atoms with Gasteiger partial charge in [0.15, 0.2) is 11.5 Å². The molecule has 0 atom stereocenters. The van der Waals surface area contributed by atoms with Crippen LogP contribution in [-0.4, -0.2) is 58.9 Å². The van der Waals surface area contributed by atoms with Crippen molar-refractivity contribution in [2.24, 2.45) is 0 Å². The molecule has 0 bridgehead atoms. The molecular weight excluding hydrogens is 492 g/mol. The first kappa shape index (κ1) is 24.6. The van der Waals surface area contributed by atoms with Crippen molar-refractivity contribution < 1.29 is 14.3 Å². The fourth-order valence-corrected chi connectivity index (χ4v) is 4.62. The number of nitrogens with zero attached hydrogens (tertiary/aromatic N) is 5. The highest BCUT2D eigenvalue weighted by Crippen LogP contribution is 2.30.